The third kappa shape index (κ3) is 22.9. The number of aliphatic carboxylic acids is 1. The van der Waals surface area contributed by atoms with E-state index in [1.54, 1.807) is 0 Å². The Morgan fingerprint density at radius 3 is 1.36 bits per heavy atom. The fourth-order valence-electron chi connectivity index (χ4n) is 2.92. The van der Waals surface area contributed by atoms with E-state index in [0.717, 1.165) is 12.8 Å². The lowest BCUT2D eigenvalue weighted by molar-refractivity contribution is -0.137. The van der Waals surface area contributed by atoms with Crippen LogP contribution in [0.15, 0.2) is 24.3 Å². The van der Waals surface area contributed by atoms with E-state index in [9.17, 15) is 4.79 Å². The summed E-state index contributed by atoms with van der Waals surface area (Å²) in [7, 11) is 0. The molecule has 0 aliphatic rings. The number of hydrogen-bond donors (Lipinski definition) is 1. The highest BCUT2D eigenvalue weighted by Gasteiger charge is 1.95. The first kappa shape index (κ1) is 23.9. The van der Waals surface area contributed by atoms with Crippen LogP contribution in [0.1, 0.15) is 116 Å². The molecule has 0 saturated heterocycles. The van der Waals surface area contributed by atoms with E-state index in [2.05, 4.69) is 31.2 Å². The lowest BCUT2D eigenvalue weighted by atomic mass is 10.1. The molecule has 2 heteroatoms. The van der Waals surface area contributed by atoms with Crippen LogP contribution in [0.2, 0.25) is 0 Å². The fraction of sp³-hybridized carbons (Fsp3) is 0.783. The molecule has 0 amide bonds. The zero-order chi connectivity index (χ0) is 18.4. The number of carboxylic acids is 1. The average Bonchev–Trinajstić information content (AvgIpc) is 2.60. The van der Waals surface area contributed by atoms with Gasteiger partial charge in [0.05, 0.1) is 0 Å². The van der Waals surface area contributed by atoms with E-state index >= 15 is 0 Å². The Morgan fingerprint density at radius 1 is 0.600 bits per heavy atom. The molecular weight excluding hydrogens is 308 g/mol. The van der Waals surface area contributed by atoms with Crippen LogP contribution in [-0.2, 0) is 4.79 Å². The molecule has 0 saturated carbocycles. The van der Waals surface area contributed by atoms with Crippen molar-refractivity contribution in [1.29, 1.82) is 0 Å². The molecule has 0 aromatic rings. The summed E-state index contributed by atoms with van der Waals surface area (Å²) in [5, 5.41) is 8.55. The second-order valence-corrected chi connectivity index (χ2v) is 7.13. The maximum absolute atomic E-state index is 10.4. The maximum Gasteiger partial charge on any atom is 0.303 e. The Labute approximate surface area is 156 Å². The molecule has 0 aromatic carbocycles. The summed E-state index contributed by atoms with van der Waals surface area (Å²) >= 11 is 0. The topological polar surface area (TPSA) is 37.3 Å². The van der Waals surface area contributed by atoms with Crippen LogP contribution in [-0.4, -0.2) is 11.1 Å². The summed E-state index contributed by atoms with van der Waals surface area (Å²) in [4.78, 5) is 10.4. The highest BCUT2D eigenvalue weighted by atomic mass is 16.4. The predicted octanol–water partition coefficient (Wildman–Crippen LogP) is 7.84. The van der Waals surface area contributed by atoms with E-state index in [1.165, 1.54) is 89.9 Å². The van der Waals surface area contributed by atoms with Gasteiger partial charge in [0.1, 0.15) is 0 Å². The fourth-order valence-corrected chi connectivity index (χ4v) is 2.92. The molecule has 0 aromatic heterocycles. The van der Waals surface area contributed by atoms with Crippen LogP contribution in [0.4, 0.5) is 0 Å². The van der Waals surface area contributed by atoms with Gasteiger partial charge in [-0.15, -0.1) is 0 Å². The van der Waals surface area contributed by atoms with Crippen molar-refractivity contribution in [3.8, 4) is 0 Å². The summed E-state index contributed by atoms with van der Waals surface area (Å²) in [5.74, 6) is -0.665. The van der Waals surface area contributed by atoms with Crippen LogP contribution in [0.3, 0.4) is 0 Å². The molecule has 146 valence electrons. The van der Waals surface area contributed by atoms with E-state index in [4.69, 9.17) is 5.11 Å². The number of rotatable bonds is 19. The Morgan fingerprint density at radius 2 is 0.960 bits per heavy atom. The minimum Gasteiger partial charge on any atom is -0.481 e. The molecule has 2 nitrogen and oxygen atoms in total. The predicted molar refractivity (Wildman–Crippen MR) is 110 cm³/mol. The second kappa shape index (κ2) is 21.0. The monoisotopic (exact) mass is 350 g/mol. The molecule has 0 unspecified atom stereocenters. The third-order valence-corrected chi connectivity index (χ3v) is 4.56. The second-order valence-electron chi connectivity index (χ2n) is 7.13. The van der Waals surface area contributed by atoms with Crippen LogP contribution >= 0.6 is 0 Å². The molecule has 0 heterocycles. The molecule has 25 heavy (non-hydrogen) atoms. The van der Waals surface area contributed by atoms with Crippen molar-refractivity contribution >= 4 is 5.97 Å². The first-order chi connectivity index (χ1) is 12.3. The normalized spacial score (nSPS) is 11.7. The van der Waals surface area contributed by atoms with Gasteiger partial charge in [0.2, 0.25) is 0 Å². The molecule has 0 fully saturated rings. The number of hydrogen-bond acceptors (Lipinski definition) is 1. The third-order valence-electron chi connectivity index (χ3n) is 4.56. The Balaban J connectivity index is 3.13. The van der Waals surface area contributed by atoms with Crippen LogP contribution in [0, 0.1) is 0 Å². The Bertz CT molecular complexity index is 331. The van der Waals surface area contributed by atoms with Gasteiger partial charge < -0.3 is 5.11 Å². The lowest BCUT2D eigenvalue weighted by Crippen LogP contribution is -1.93. The van der Waals surface area contributed by atoms with Gasteiger partial charge in [-0.1, -0.05) is 82.6 Å². The van der Waals surface area contributed by atoms with Crippen molar-refractivity contribution in [3.05, 3.63) is 24.3 Å². The van der Waals surface area contributed by atoms with Gasteiger partial charge in [0, 0.05) is 6.42 Å². The molecule has 0 aliphatic heterocycles. The Hall–Kier alpha value is -1.05. The molecule has 0 aliphatic carbocycles. The number of carbonyl (C=O) groups is 1. The van der Waals surface area contributed by atoms with Crippen molar-refractivity contribution in [3.63, 3.8) is 0 Å². The van der Waals surface area contributed by atoms with Gasteiger partial charge in [-0.3, -0.25) is 4.79 Å². The van der Waals surface area contributed by atoms with Gasteiger partial charge in [-0.25, -0.2) is 0 Å². The summed E-state index contributed by atoms with van der Waals surface area (Å²) in [5.41, 5.74) is 0. The average molecular weight is 351 g/mol. The van der Waals surface area contributed by atoms with Gasteiger partial charge in [-0.2, -0.15) is 0 Å². The summed E-state index contributed by atoms with van der Waals surface area (Å²) in [6, 6.07) is 0. The van der Waals surface area contributed by atoms with E-state index < -0.39 is 5.97 Å². The molecule has 0 spiro atoms. The number of allylic oxidation sites excluding steroid dienone is 4. The zero-order valence-corrected chi connectivity index (χ0v) is 16.7. The van der Waals surface area contributed by atoms with Crippen LogP contribution in [0.5, 0.6) is 0 Å². The van der Waals surface area contributed by atoms with E-state index in [0.29, 0.717) is 6.42 Å². The van der Waals surface area contributed by atoms with Crippen molar-refractivity contribution < 1.29 is 9.90 Å². The lowest BCUT2D eigenvalue weighted by Gasteiger charge is -1.99. The highest BCUT2D eigenvalue weighted by Crippen LogP contribution is 2.10. The van der Waals surface area contributed by atoms with Gasteiger partial charge in [-0.05, 0) is 51.4 Å². The molecule has 0 radical (unpaired) electrons. The van der Waals surface area contributed by atoms with Crippen molar-refractivity contribution in [2.75, 3.05) is 0 Å². The van der Waals surface area contributed by atoms with E-state index in [1.807, 2.05) is 0 Å². The van der Waals surface area contributed by atoms with Crippen LogP contribution in [0.25, 0.3) is 0 Å². The minimum absolute atomic E-state index is 0.329. The zero-order valence-electron chi connectivity index (χ0n) is 16.7. The Kier molecular flexibility index (Phi) is 20.1. The summed E-state index contributed by atoms with van der Waals surface area (Å²) in [6.45, 7) is 2.25. The summed E-state index contributed by atoms with van der Waals surface area (Å²) < 4.78 is 0. The largest absolute Gasteiger partial charge is 0.481 e. The van der Waals surface area contributed by atoms with Gasteiger partial charge in [0.15, 0.2) is 0 Å². The quantitative estimate of drug-likeness (QED) is 0.190. The van der Waals surface area contributed by atoms with Gasteiger partial charge >= 0.3 is 5.97 Å². The first-order valence-electron chi connectivity index (χ1n) is 10.8. The first-order valence-corrected chi connectivity index (χ1v) is 10.8. The van der Waals surface area contributed by atoms with Gasteiger partial charge in [0.25, 0.3) is 0 Å². The van der Waals surface area contributed by atoms with E-state index in [-0.39, 0.29) is 0 Å². The van der Waals surface area contributed by atoms with Crippen molar-refractivity contribution in [2.45, 2.75) is 116 Å². The smallest absolute Gasteiger partial charge is 0.303 e. The van der Waals surface area contributed by atoms with Crippen molar-refractivity contribution in [2.24, 2.45) is 0 Å². The number of unbranched alkanes of at least 4 members (excludes halogenated alkanes) is 13. The van der Waals surface area contributed by atoms with Crippen LogP contribution < -0.4 is 0 Å². The minimum atomic E-state index is -0.665. The SMILES string of the molecule is CCCC/C=C/CCCCCCC/C=C/CCCCCCCC(=O)O. The molecular formula is C23H42O2. The van der Waals surface area contributed by atoms with Crippen molar-refractivity contribution in [1.82, 2.24) is 0 Å². The number of carboxylic acid groups (broad SMARTS) is 1. The summed E-state index contributed by atoms with van der Waals surface area (Å²) in [6.07, 6.45) is 29.7. The molecule has 0 rings (SSSR count). The maximum atomic E-state index is 10.4. The standard InChI is InChI=1S/C23H42O2/c1-2-3-4-5-6-7-8-9-10-11-12-13-14-15-16-17-18-19-20-21-22-23(24)25/h5-6,14-15H,2-4,7-13,16-22H2,1H3,(H,24,25)/b6-5+,15-14+. The molecule has 1 N–H and O–H groups in total. The highest BCUT2D eigenvalue weighted by molar-refractivity contribution is 5.66. The molecule has 0 atom stereocenters. The molecule has 0 bridgehead atoms.